The third-order valence-electron chi connectivity index (χ3n) is 6.64. The number of aromatic nitrogens is 2. The SMILES string of the molecule is Cc1ccc2c(c1)[C@H]1c3c(C)nn(-c4ccccc4)c3O[C@H]3CCC[C@@H](O2)[C@@H]13. The topological polar surface area (TPSA) is 36.3 Å². The second-order valence-electron chi connectivity index (χ2n) is 8.39. The van der Waals surface area contributed by atoms with Gasteiger partial charge in [-0.1, -0.05) is 35.9 Å². The van der Waals surface area contributed by atoms with Gasteiger partial charge in [0.05, 0.1) is 11.4 Å². The van der Waals surface area contributed by atoms with E-state index in [0.29, 0.717) is 11.8 Å². The molecule has 1 aliphatic carbocycles. The van der Waals surface area contributed by atoms with Crippen LogP contribution in [-0.4, -0.2) is 22.0 Å². The minimum Gasteiger partial charge on any atom is -0.490 e. The second-order valence-corrected chi connectivity index (χ2v) is 8.39. The first-order chi connectivity index (χ1) is 13.7. The van der Waals surface area contributed by atoms with Crippen LogP contribution >= 0.6 is 0 Å². The second kappa shape index (κ2) is 5.87. The molecular formula is C24H24N2O2. The van der Waals surface area contributed by atoms with Crippen molar-refractivity contribution in [2.45, 2.75) is 51.2 Å². The number of aryl methyl sites for hydroxylation is 2. The van der Waals surface area contributed by atoms with E-state index in [-0.39, 0.29) is 12.2 Å². The molecule has 0 spiro atoms. The number of nitrogens with zero attached hydrogens (tertiary/aromatic N) is 2. The summed E-state index contributed by atoms with van der Waals surface area (Å²) in [5, 5.41) is 4.91. The van der Waals surface area contributed by atoms with Crippen molar-refractivity contribution < 1.29 is 9.47 Å². The van der Waals surface area contributed by atoms with Crippen LogP contribution in [0.3, 0.4) is 0 Å². The molecule has 6 rings (SSSR count). The molecule has 3 aromatic rings. The van der Waals surface area contributed by atoms with Crippen molar-refractivity contribution >= 4 is 0 Å². The van der Waals surface area contributed by atoms with Gasteiger partial charge in [0.25, 0.3) is 0 Å². The van der Waals surface area contributed by atoms with Crippen LogP contribution in [0.5, 0.6) is 11.6 Å². The highest BCUT2D eigenvalue weighted by Crippen LogP contribution is 2.55. The molecule has 1 saturated carbocycles. The zero-order chi connectivity index (χ0) is 18.8. The fraction of sp³-hybridized carbons (Fsp3) is 0.375. The molecule has 3 heterocycles. The van der Waals surface area contributed by atoms with E-state index >= 15 is 0 Å². The number of benzene rings is 2. The molecule has 0 N–H and O–H groups in total. The van der Waals surface area contributed by atoms with Crippen LogP contribution in [-0.2, 0) is 0 Å². The summed E-state index contributed by atoms with van der Waals surface area (Å²) in [6.07, 6.45) is 3.75. The summed E-state index contributed by atoms with van der Waals surface area (Å²) in [5.41, 5.74) is 5.92. The van der Waals surface area contributed by atoms with E-state index in [1.54, 1.807) is 0 Å². The van der Waals surface area contributed by atoms with Crippen molar-refractivity contribution in [1.82, 2.24) is 9.78 Å². The van der Waals surface area contributed by atoms with E-state index in [9.17, 15) is 0 Å². The lowest BCUT2D eigenvalue weighted by molar-refractivity contribution is -0.0331. The van der Waals surface area contributed by atoms with E-state index in [4.69, 9.17) is 14.6 Å². The van der Waals surface area contributed by atoms with Gasteiger partial charge in [-0.25, -0.2) is 4.68 Å². The number of fused-ring (bicyclic) bond motifs is 4. The molecule has 3 aliphatic rings. The predicted octanol–water partition coefficient (Wildman–Crippen LogP) is 4.94. The molecule has 4 atom stereocenters. The van der Waals surface area contributed by atoms with Gasteiger partial charge in [0, 0.05) is 23.0 Å². The van der Waals surface area contributed by atoms with Gasteiger partial charge in [0.15, 0.2) is 0 Å². The molecule has 28 heavy (non-hydrogen) atoms. The normalized spacial score (nSPS) is 27.1. The number of hydrogen-bond acceptors (Lipinski definition) is 3. The van der Waals surface area contributed by atoms with Gasteiger partial charge in [-0.05, 0) is 51.3 Å². The monoisotopic (exact) mass is 372 g/mol. The Morgan fingerprint density at radius 1 is 0.964 bits per heavy atom. The Hall–Kier alpha value is -2.75. The van der Waals surface area contributed by atoms with E-state index in [1.807, 2.05) is 22.9 Å². The van der Waals surface area contributed by atoms with Gasteiger partial charge >= 0.3 is 0 Å². The standard InChI is InChI=1S/C24H24N2O2/c1-14-11-12-18-17(13-14)22-21-15(2)25-26(16-7-4-3-5-8-16)24(21)28-20-10-6-9-19(27-18)23(20)22/h3-5,7-8,11-13,19-20,22-23H,6,9-10H2,1-2H3/t19-,20+,22+,23-/m1/s1. The molecule has 0 amide bonds. The van der Waals surface area contributed by atoms with Crippen molar-refractivity contribution in [3.8, 4) is 17.3 Å². The third-order valence-corrected chi connectivity index (χ3v) is 6.64. The minimum absolute atomic E-state index is 0.184. The van der Waals surface area contributed by atoms with Crippen LogP contribution in [0.2, 0.25) is 0 Å². The largest absolute Gasteiger partial charge is 0.490 e. The van der Waals surface area contributed by atoms with Gasteiger partial charge < -0.3 is 9.47 Å². The fourth-order valence-corrected chi connectivity index (χ4v) is 5.46. The predicted molar refractivity (Wildman–Crippen MR) is 107 cm³/mol. The molecule has 0 saturated heterocycles. The van der Waals surface area contributed by atoms with Crippen molar-refractivity contribution in [1.29, 1.82) is 0 Å². The van der Waals surface area contributed by atoms with Crippen molar-refractivity contribution in [3.63, 3.8) is 0 Å². The Morgan fingerprint density at radius 2 is 1.75 bits per heavy atom. The molecule has 1 fully saturated rings. The van der Waals surface area contributed by atoms with Crippen LogP contribution in [0.1, 0.15) is 47.6 Å². The Kier molecular flexibility index (Phi) is 3.40. The zero-order valence-corrected chi connectivity index (χ0v) is 16.3. The first-order valence-corrected chi connectivity index (χ1v) is 10.3. The fourth-order valence-electron chi connectivity index (χ4n) is 5.46. The lowest BCUT2D eigenvalue weighted by Crippen LogP contribution is -2.50. The third kappa shape index (κ3) is 2.20. The maximum atomic E-state index is 6.64. The highest BCUT2D eigenvalue weighted by Gasteiger charge is 2.52. The lowest BCUT2D eigenvalue weighted by Gasteiger charge is -2.48. The lowest BCUT2D eigenvalue weighted by atomic mass is 9.67. The zero-order valence-electron chi connectivity index (χ0n) is 16.3. The smallest absolute Gasteiger partial charge is 0.221 e. The molecule has 2 aliphatic heterocycles. The molecule has 142 valence electrons. The van der Waals surface area contributed by atoms with Gasteiger partial charge in [0.2, 0.25) is 5.88 Å². The van der Waals surface area contributed by atoms with Crippen molar-refractivity contribution in [2.24, 2.45) is 5.92 Å². The molecule has 2 aromatic carbocycles. The van der Waals surface area contributed by atoms with E-state index in [2.05, 4.69) is 44.2 Å². The van der Waals surface area contributed by atoms with Crippen LogP contribution in [0, 0.1) is 19.8 Å². The number of ether oxygens (including phenoxy) is 2. The molecule has 1 aromatic heterocycles. The molecule has 0 unspecified atom stereocenters. The first kappa shape index (κ1) is 16.2. The van der Waals surface area contributed by atoms with Gasteiger partial charge in [-0.15, -0.1) is 0 Å². The van der Waals surface area contributed by atoms with Crippen LogP contribution in [0.25, 0.3) is 5.69 Å². The maximum absolute atomic E-state index is 6.64. The average Bonchev–Trinajstić information content (AvgIpc) is 3.05. The Bertz CT molecular complexity index is 1060. The first-order valence-electron chi connectivity index (χ1n) is 10.3. The molecule has 4 heteroatoms. The molecule has 0 radical (unpaired) electrons. The van der Waals surface area contributed by atoms with E-state index in [1.165, 1.54) is 16.7 Å². The summed E-state index contributed by atoms with van der Waals surface area (Å²) in [6.45, 7) is 4.27. The van der Waals surface area contributed by atoms with Crippen molar-refractivity contribution in [3.05, 3.63) is 70.9 Å². The summed E-state index contributed by atoms with van der Waals surface area (Å²) >= 11 is 0. The Labute approximate surface area is 165 Å². The number of para-hydroxylation sites is 1. The highest BCUT2D eigenvalue weighted by molar-refractivity contribution is 5.54. The number of hydrogen-bond donors (Lipinski definition) is 0. The Balaban J connectivity index is 1.60. The van der Waals surface area contributed by atoms with Gasteiger partial charge in [0.1, 0.15) is 18.0 Å². The minimum atomic E-state index is 0.184. The maximum Gasteiger partial charge on any atom is 0.221 e. The van der Waals surface area contributed by atoms with Crippen LogP contribution < -0.4 is 9.47 Å². The molecular weight excluding hydrogens is 348 g/mol. The van der Waals surface area contributed by atoms with Crippen LogP contribution in [0.4, 0.5) is 0 Å². The summed E-state index contributed by atoms with van der Waals surface area (Å²) < 4.78 is 15.1. The number of rotatable bonds is 1. The summed E-state index contributed by atoms with van der Waals surface area (Å²) in [7, 11) is 0. The quantitative estimate of drug-likeness (QED) is 0.607. The van der Waals surface area contributed by atoms with Gasteiger partial charge in [-0.2, -0.15) is 5.10 Å². The van der Waals surface area contributed by atoms with E-state index in [0.717, 1.165) is 42.3 Å². The van der Waals surface area contributed by atoms with Gasteiger partial charge in [-0.3, -0.25) is 0 Å². The van der Waals surface area contributed by atoms with Crippen LogP contribution in [0.15, 0.2) is 48.5 Å². The summed E-state index contributed by atoms with van der Waals surface area (Å²) in [4.78, 5) is 0. The molecule has 4 nitrogen and oxygen atoms in total. The Morgan fingerprint density at radius 3 is 2.57 bits per heavy atom. The highest BCUT2D eigenvalue weighted by atomic mass is 16.5. The van der Waals surface area contributed by atoms with Crippen molar-refractivity contribution in [2.75, 3.05) is 0 Å². The van der Waals surface area contributed by atoms with E-state index < -0.39 is 0 Å². The summed E-state index contributed by atoms with van der Waals surface area (Å²) in [5.74, 6) is 2.62. The molecule has 0 bridgehead atoms. The average molecular weight is 372 g/mol. The summed E-state index contributed by atoms with van der Waals surface area (Å²) in [6, 6.07) is 16.9.